The van der Waals surface area contributed by atoms with Crippen LogP contribution in [0.15, 0.2) is 18.3 Å². The number of piperidine rings is 1. The summed E-state index contributed by atoms with van der Waals surface area (Å²) in [5, 5.41) is 0. The number of nitrogens with zero attached hydrogens (tertiary/aromatic N) is 3. The van der Waals surface area contributed by atoms with Gasteiger partial charge >= 0.3 is 6.09 Å². The van der Waals surface area contributed by atoms with E-state index >= 15 is 0 Å². The number of amides is 1. The molecular weight excluding hydrogens is 338 g/mol. The van der Waals surface area contributed by atoms with E-state index in [-0.39, 0.29) is 12.1 Å². The Kier molecular flexibility index (Phi) is 6.09. The van der Waals surface area contributed by atoms with Crippen molar-refractivity contribution >= 4 is 11.9 Å². The fourth-order valence-corrected chi connectivity index (χ4v) is 3.87. The molecule has 2 heterocycles. The van der Waals surface area contributed by atoms with Crippen molar-refractivity contribution in [2.45, 2.75) is 84.4 Å². The minimum atomic E-state index is -0.496. The fraction of sp³-hybridized carbons (Fsp3) is 0.727. The lowest BCUT2D eigenvalue weighted by atomic mass is 9.95. The molecule has 1 aliphatic heterocycles. The minimum absolute atomic E-state index is 0.227. The molecule has 0 aromatic carbocycles. The molecule has 2 fully saturated rings. The Morgan fingerprint density at radius 1 is 1.26 bits per heavy atom. The Bertz CT molecular complexity index is 632. The van der Waals surface area contributed by atoms with Gasteiger partial charge in [0, 0.05) is 24.8 Å². The van der Waals surface area contributed by atoms with E-state index in [9.17, 15) is 4.79 Å². The van der Waals surface area contributed by atoms with E-state index in [1.54, 1.807) is 4.90 Å². The van der Waals surface area contributed by atoms with Gasteiger partial charge in [-0.2, -0.15) is 0 Å². The van der Waals surface area contributed by atoms with Crippen LogP contribution in [0.25, 0.3) is 0 Å². The molecule has 1 aromatic rings. The van der Waals surface area contributed by atoms with Crippen molar-refractivity contribution in [3.63, 3.8) is 0 Å². The van der Waals surface area contributed by atoms with Gasteiger partial charge in [0.2, 0.25) is 0 Å². The summed E-state index contributed by atoms with van der Waals surface area (Å²) < 4.78 is 5.60. The van der Waals surface area contributed by atoms with Crippen molar-refractivity contribution in [2.75, 3.05) is 18.0 Å². The zero-order chi connectivity index (χ0) is 19.6. The van der Waals surface area contributed by atoms with E-state index < -0.39 is 5.60 Å². The van der Waals surface area contributed by atoms with Crippen molar-refractivity contribution < 1.29 is 9.53 Å². The summed E-state index contributed by atoms with van der Waals surface area (Å²) >= 11 is 0. The minimum Gasteiger partial charge on any atom is -0.443 e. The maximum atomic E-state index is 12.7. The van der Waals surface area contributed by atoms with Crippen LogP contribution in [0, 0.1) is 5.92 Å². The van der Waals surface area contributed by atoms with Crippen LogP contribution in [-0.2, 0) is 4.74 Å². The summed E-state index contributed by atoms with van der Waals surface area (Å²) in [5.74, 6) is 1.37. The van der Waals surface area contributed by atoms with Crippen LogP contribution in [0.5, 0.6) is 0 Å². The van der Waals surface area contributed by atoms with Crippen LogP contribution in [-0.4, -0.2) is 40.7 Å². The molecule has 0 spiro atoms. The van der Waals surface area contributed by atoms with Gasteiger partial charge in [0.1, 0.15) is 11.4 Å². The lowest BCUT2D eigenvalue weighted by Crippen LogP contribution is -2.39. The lowest BCUT2D eigenvalue weighted by Gasteiger charge is -2.37. The van der Waals surface area contributed by atoms with E-state index in [0.29, 0.717) is 17.8 Å². The van der Waals surface area contributed by atoms with Crippen molar-refractivity contribution in [1.82, 2.24) is 9.88 Å². The molecule has 0 N–H and O–H groups in total. The second-order valence-corrected chi connectivity index (χ2v) is 9.43. The van der Waals surface area contributed by atoms with Crippen LogP contribution in [0.3, 0.4) is 0 Å². The van der Waals surface area contributed by atoms with E-state index in [1.165, 1.54) is 24.8 Å². The van der Waals surface area contributed by atoms with Gasteiger partial charge in [-0.05, 0) is 70.5 Å². The summed E-state index contributed by atoms with van der Waals surface area (Å²) in [6.07, 6.45) is 7.46. The normalized spacial score (nSPS) is 21.3. The first-order chi connectivity index (χ1) is 12.7. The Hall–Kier alpha value is -1.62. The summed E-state index contributed by atoms with van der Waals surface area (Å²) in [4.78, 5) is 21.7. The van der Waals surface area contributed by atoms with Gasteiger partial charge in [0.15, 0.2) is 0 Å². The molecule has 5 nitrogen and oxygen atoms in total. The van der Waals surface area contributed by atoms with Crippen molar-refractivity contribution in [3.8, 4) is 0 Å². The molecule has 27 heavy (non-hydrogen) atoms. The highest BCUT2D eigenvalue weighted by Gasteiger charge is 2.37. The third-order valence-electron chi connectivity index (χ3n) is 5.12. The lowest BCUT2D eigenvalue weighted by molar-refractivity contribution is 0.0576. The molecule has 1 saturated carbocycles. The third kappa shape index (κ3) is 5.44. The maximum absolute atomic E-state index is 12.7. The molecule has 0 radical (unpaired) electrons. The van der Waals surface area contributed by atoms with Crippen LogP contribution in [0.1, 0.15) is 78.3 Å². The van der Waals surface area contributed by atoms with Crippen LogP contribution in [0.4, 0.5) is 10.6 Å². The summed E-state index contributed by atoms with van der Waals surface area (Å²) in [5.41, 5.74) is 0.767. The highest BCUT2D eigenvalue weighted by atomic mass is 16.6. The predicted octanol–water partition coefficient (Wildman–Crippen LogP) is 5.17. The molecule has 1 saturated heterocycles. The highest BCUT2D eigenvalue weighted by Crippen LogP contribution is 2.35. The molecule has 150 valence electrons. The number of carbonyl (C=O) groups excluding carboxylic acids is 1. The molecule has 1 aromatic heterocycles. The van der Waals surface area contributed by atoms with Gasteiger partial charge in [0.05, 0.1) is 0 Å². The molecule has 1 amide bonds. The van der Waals surface area contributed by atoms with E-state index in [2.05, 4.69) is 29.8 Å². The Morgan fingerprint density at radius 3 is 2.56 bits per heavy atom. The van der Waals surface area contributed by atoms with E-state index in [1.807, 2.05) is 33.0 Å². The first-order valence-electron chi connectivity index (χ1n) is 10.5. The van der Waals surface area contributed by atoms with Gasteiger partial charge < -0.3 is 4.74 Å². The first-order valence-corrected chi connectivity index (χ1v) is 10.5. The monoisotopic (exact) mass is 373 g/mol. The van der Waals surface area contributed by atoms with Gasteiger partial charge in [0.25, 0.3) is 0 Å². The third-order valence-corrected chi connectivity index (χ3v) is 5.12. The number of rotatable bonds is 5. The molecule has 2 aliphatic rings. The quantitative estimate of drug-likeness (QED) is 0.714. The standard InChI is InChI=1S/C22H35N3O2/c1-16(2)15-24-13-7-6-8-19(24)17-9-12-20(23-14-17)25(18-10-11-18)21(26)27-22(3,4)5/h9,12,14,16,18-19H,6-8,10-11,13,15H2,1-5H3. The van der Waals surface area contributed by atoms with E-state index in [0.717, 1.165) is 25.9 Å². The Labute approximate surface area is 164 Å². The van der Waals surface area contributed by atoms with Crippen LogP contribution in [0.2, 0.25) is 0 Å². The number of anilines is 1. The summed E-state index contributed by atoms with van der Waals surface area (Å²) in [6, 6.07) is 4.83. The van der Waals surface area contributed by atoms with Crippen LogP contribution >= 0.6 is 0 Å². The predicted molar refractivity (Wildman–Crippen MR) is 109 cm³/mol. The van der Waals surface area contributed by atoms with Gasteiger partial charge in [-0.25, -0.2) is 9.78 Å². The summed E-state index contributed by atoms with van der Waals surface area (Å²) in [6.45, 7) is 12.6. The van der Waals surface area contributed by atoms with E-state index in [4.69, 9.17) is 4.74 Å². The molecule has 0 bridgehead atoms. The molecule has 5 heteroatoms. The van der Waals surface area contributed by atoms with Gasteiger partial charge in [-0.15, -0.1) is 0 Å². The maximum Gasteiger partial charge on any atom is 0.416 e. The average Bonchev–Trinajstić information content (AvgIpc) is 3.39. The number of hydrogen-bond donors (Lipinski definition) is 0. The molecule has 3 rings (SSSR count). The second-order valence-electron chi connectivity index (χ2n) is 9.43. The molecular formula is C22H35N3O2. The fourth-order valence-electron chi connectivity index (χ4n) is 3.87. The molecule has 1 atom stereocenters. The Morgan fingerprint density at radius 2 is 2.00 bits per heavy atom. The average molecular weight is 374 g/mol. The number of likely N-dealkylation sites (tertiary alicyclic amines) is 1. The molecule has 1 unspecified atom stereocenters. The highest BCUT2D eigenvalue weighted by molar-refractivity contribution is 5.88. The number of hydrogen-bond acceptors (Lipinski definition) is 4. The number of ether oxygens (including phenoxy) is 1. The largest absolute Gasteiger partial charge is 0.443 e. The Balaban J connectivity index is 1.75. The zero-order valence-electron chi connectivity index (χ0n) is 17.6. The number of aromatic nitrogens is 1. The van der Waals surface area contributed by atoms with Gasteiger partial charge in [-0.1, -0.05) is 26.3 Å². The SMILES string of the molecule is CC(C)CN1CCCCC1c1ccc(N(C(=O)OC(C)(C)C)C2CC2)nc1. The van der Waals surface area contributed by atoms with Crippen molar-refractivity contribution in [2.24, 2.45) is 5.92 Å². The smallest absolute Gasteiger partial charge is 0.416 e. The topological polar surface area (TPSA) is 45.7 Å². The second kappa shape index (κ2) is 8.17. The summed E-state index contributed by atoms with van der Waals surface area (Å²) in [7, 11) is 0. The van der Waals surface area contributed by atoms with Crippen molar-refractivity contribution in [3.05, 3.63) is 23.9 Å². The number of pyridine rings is 1. The van der Waals surface area contributed by atoms with Gasteiger partial charge in [-0.3, -0.25) is 9.80 Å². The number of carbonyl (C=O) groups is 1. The van der Waals surface area contributed by atoms with Crippen LogP contribution < -0.4 is 4.90 Å². The van der Waals surface area contributed by atoms with Crippen molar-refractivity contribution in [1.29, 1.82) is 0 Å². The zero-order valence-corrected chi connectivity index (χ0v) is 17.6. The first kappa shape index (κ1) is 20.1. The molecule has 1 aliphatic carbocycles.